The van der Waals surface area contributed by atoms with E-state index in [0.29, 0.717) is 0 Å². The Morgan fingerprint density at radius 3 is 1.17 bits per heavy atom. The van der Waals surface area contributed by atoms with E-state index in [2.05, 4.69) is 112 Å². The summed E-state index contributed by atoms with van der Waals surface area (Å²) in [4.78, 5) is 17.5. The maximum absolute atomic E-state index is 4.53. The van der Waals surface area contributed by atoms with E-state index in [1.165, 1.54) is 0 Å². The summed E-state index contributed by atoms with van der Waals surface area (Å²) < 4.78 is 0. The molecule has 4 aromatic carbocycles. The SMILES string of the molecule is Cc1cc(C)[n-]n1.Cc1cc(C)[n-]n1.[Pt].[Pt].[c-]1ccccc1N1[CH-]N(c2ccccc2)c2cccnc21.[c-]1ccccc1N1[CH-]N(c2ccccc2)c2cccnc21. The van der Waals surface area contributed by atoms with Crippen molar-refractivity contribution in [1.82, 2.24) is 30.4 Å². The molecule has 0 unspecified atom stereocenters. The predicted molar refractivity (Wildman–Crippen MR) is 223 cm³/mol. The monoisotopic (exact) mass is 1120 g/mol. The van der Waals surface area contributed by atoms with Crippen molar-refractivity contribution in [3.8, 4) is 0 Å². The molecule has 10 rings (SSSR count). The fraction of sp³-hybridized carbons (Fsp3) is 0.0870. The second-order valence-corrected chi connectivity index (χ2v) is 12.8. The van der Waals surface area contributed by atoms with Crippen LogP contribution < -0.4 is 29.8 Å². The Labute approximate surface area is 369 Å². The summed E-state index contributed by atoms with van der Waals surface area (Å²) in [7, 11) is 0. The number of aryl methyl sites for hydroxylation is 4. The van der Waals surface area contributed by atoms with Crippen LogP contribution in [0.25, 0.3) is 0 Å². The minimum Gasteiger partial charge on any atom is -0.579 e. The number of rotatable bonds is 4. The standard InChI is InChI=1S/2C18H13N3.2C5H7N2.2Pt/c2*1-3-8-15(9-4-1)20-14-21(16-10-5-2-6-11-16)18-17(20)12-7-13-19-18;2*1-4-3-5(2)7-6-4;;/h2*1-10,12-14H;2*3H,1-2H3;;/q2*-2;2*-1;;. The van der Waals surface area contributed by atoms with Crippen molar-refractivity contribution in [2.45, 2.75) is 27.7 Å². The van der Waals surface area contributed by atoms with Gasteiger partial charge in [-0.15, -0.1) is 36.1 Å². The number of aromatic nitrogens is 6. The van der Waals surface area contributed by atoms with Gasteiger partial charge >= 0.3 is 0 Å². The molecule has 0 amide bonds. The molecule has 2 aliphatic rings. The van der Waals surface area contributed by atoms with Gasteiger partial charge < -0.3 is 40.0 Å². The van der Waals surface area contributed by atoms with E-state index in [9.17, 15) is 0 Å². The minimum absolute atomic E-state index is 0. The van der Waals surface area contributed by atoms with Gasteiger partial charge in [0.25, 0.3) is 0 Å². The second kappa shape index (κ2) is 21.1. The van der Waals surface area contributed by atoms with Gasteiger partial charge in [0.15, 0.2) is 0 Å². The third-order valence-electron chi connectivity index (χ3n) is 8.51. The van der Waals surface area contributed by atoms with Crippen LogP contribution in [-0.2, 0) is 42.1 Å². The Bertz CT molecular complexity index is 2080. The van der Waals surface area contributed by atoms with Crippen LogP contribution in [0.1, 0.15) is 22.8 Å². The van der Waals surface area contributed by atoms with Gasteiger partial charge in [-0.1, -0.05) is 62.4 Å². The van der Waals surface area contributed by atoms with Crippen molar-refractivity contribution in [2.24, 2.45) is 0 Å². The summed E-state index contributed by atoms with van der Waals surface area (Å²) in [5.74, 6) is 1.84. The first-order valence-corrected chi connectivity index (χ1v) is 18.1. The third kappa shape index (κ3) is 10.8. The first-order chi connectivity index (χ1) is 27.4. The normalized spacial score (nSPS) is 11.9. The van der Waals surface area contributed by atoms with Gasteiger partial charge in [0.1, 0.15) is 11.6 Å². The van der Waals surface area contributed by atoms with Crippen molar-refractivity contribution in [2.75, 3.05) is 19.6 Å². The summed E-state index contributed by atoms with van der Waals surface area (Å²) in [6.45, 7) is 11.8. The van der Waals surface area contributed by atoms with Crippen LogP contribution in [0.4, 0.5) is 45.8 Å². The fourth-order valence-corrected chi connectivity index (χ4v) is 6.03. The first-order valence-electron chi connectivity index (χ1n) is 18.1. The summed E-state index contributed by atoms with van der Waals surface area (Å²) in [5, 5.41) is 15.1. The molecule has 0 fully saturated rings. The zero-order valence-electron chi connectivity index (χ0n) is 32.3. The molecule has 0 saturated carbocycles. The Morgan fingerprint density at radius 1 is 0.466 bits per heavy atom. The average molecular weight is 1120 g/mol. The molecule has 0 bridgehead atoms. The molecule has 0 aliphatic carbocycles. The maximum atomic E-state index is 4.53. The molecule has 0 radical (unpaired) electrons. The molecule has 300 valence electrons. The van der Waals surface area contributed by atoms with Gasteiger partial charge in [-0.25, -0.2) is 9.97 Å². The maximum Gasteiger partial charge on any atom is 0.124 e. The third-order valence-corrected chi connectivity index (χ3v) is 8.51. The Hall–Kier alpha value is -5.82. The Balaban J connectivity index is 0.000000162. The Kier molecular flexibility index (Phi) is 15.7. The van der Waals surface area contributed by atoms with Gasteiger partial charge in [-0.2, -0.15) is 60.7 Å². The summed E-state index contributed by atoms with van der Waals surface area (Å²) >= 11 is 0. The van der Waals surface area contributed by atoms with Crippen molar-refractivity contribution in [1.29, 1.82) is 0 Å². The zero-order valence-corrected chi connectivity index (χ0v) is 36.8. The van der Waals surface area contributed by atoms with E-state index in [1.807, 2.05) is 149 Å². The molecule has 10 nitrogen and oxygen atoms in total. The van der Waals surface area contributed by atoms with Crippen LogP contribution in [0.15, 0.2) is 158 Å². The number of hydrogen-bond donors (Lipinski definition) is 0. The average Bonchev–Trinajstić information content (AvgIpc) is 4.05. The van der Waals surface area contributed by atoms with Crippen LogP contribution >= 0.6 is 0 Å². The van der Waals surface area contributed by atoms with E-state index >= 15 is 0 Å². The number of nitrogens with zero attached hydrogens (tertiary/aromatic N) is 10. The number of benzene rings is 4. The number of anilines is 8. The van der Waals surface area contributed by atoms with Gasteiger partial charge in [-0.05, 0) is 62.4 Å². The summed E-state index contributed by atoms with van der Waals surface area (Å²) in [6, 6.07) is 54.9. The molecular weight excluding hydrogens is 1080 g/mol. The van der Waals surface area contributed by atoms with E-state index in [4.69, 9.17) is 0 Å². The molecule has 0 spiro atoms. The molecule has 8 aromatic rings. The van der Waals surface area contributed by atoms with E-state index < -0.39 is 0 Å². The molecule has 0 saturated heterocycles. The van der Waals surface area contributed by atoms with Gasteiger partial charge in [0, 0.05) is 77.3 Å². The number of para-hydroxylation sites is 4. The first kappa shape index (κ1) is 43.3. The minimum atomic E-state index is 0. The van der Waals surface area contributed by atoms with E-state index in [0.717, 1.165) is 68.5 Å². The number of hydrogen-bond acceptors (Lipinski definition) is 8. The van der Waals surface area contributed by atoms with E-state index in [1.54, 1.807) is 0 Å². The van der Waals surface area contributed by atoms with Crippen LogP contribution in [-0.4, -0.2) is 20.2 Å². The van der Waals surface area contributed by atoms with Crippen LogP contribution in [0, 0.1) is 53.2 Å². The van der Waals surface area contributed by atoms with Crippen LogP contribution in [0.3, 0.4) is 0 Å². The zero-order chi connectivity index (χ0) is 38.7. The quantitative estimate of drug-likeness (QED) is 0.159. The summed E-state index contributed by atoms with van der Waals surface area (Å²) in [5.41, 5.74) is 10.3. The van der Waals surface area contributed by atoms with E-state index in [-0.39, 0.29) is 42.1 Å². The molecule has 58 heavy (non-hydrogen) atoms. The molecule has 2 aliphatic heterocycles. The van der Waals surface area contributed by atoms with Gasteiger partial charge in [0.05, 0.1) is 11.4 Å². The largest absolute Gasteiger partial charge is 0.579 e. The van der Waals surface area contributed by atoms with Crippen molar-refractivity contribution >= 4 is 45.8 Å². The van der Waals surface area contributed by atoms with Crippen LogP contribution in [0.5, 0.6) is 0 Å². The second-order valence-electron chi connectivity index (χ2n) is 12.8. The number of fused-ring (bicyclic) bond motifs is 2. The fourth-order valence-electron chi connectivity index (χ4n) is 6.03. The van der Waals surface area contributed by atoms with Crippen molar-refractivity contribution in [3.63, 3.8) is 0 Å². The smallest absolute Gasteiger partial charge is 0.124 e. The molecule has 0 N–H and O–H groups in total. The van der Waals surface area contributed by atoms with Crippen molar-refractivity contribution < 1.29 is 42.1 Å². The number of pyridine rings is 2. The molecule has 0 atom stereocenters. The molecule has 6 heterocycles. The molecule has 4 aromatic heterocycles. The molecule has 12 heteroatoms. The van der Waals surface area contributed by atoms with Gasteiger partial charge in [0.2, 0.25) is 0 Å². The topological polar surface area (TPSA) is 92.7 Å². The van der Waals surface area contributed by atoms with Crippen molar-refractivity contribution in [3.05, 3.63) is 206 Å². The van der Waals surface area contributed by atoms with Gasteiger partial charge in [-0.3, -0.25) is 0 Å². The van der Waals surface area contributed by atoms with Crippen LogP contribution in [0.2, 0.25) is 0 Å². The predicted octanol–water partition coefficient (Wildman–Crippen LogP) is 9.89. The Morgan fingerprint density at radius 2 is 0.862 bits per heavy atom. The molecular formula is C46H40N10Pt2-6. The summed E-state index contributed by atoms with van der Waals surface area (Å²) in [6.07, 6.45) is 3.63.